The molecule has 25 heavy (non-hydrogen) atoms. The van der Waals surface area contributed by atoms with Gasteiger partial charge in [-0.25, -0.2) is 4.39 Å². The molecule has 0 fully saturated rings. The predicted molar refractivity (Wildman–Crippen MR) is 97.8 cm³/mol. The monoisotopic (exact) mass is 391 g/mol. The molecule has 124 valence electrons. The molecule has 4 aromatic rings. The molecule has 0 unspecified atom stereocenters. The van der Waals surface area contributed by atoms with Gasteiger partial charge in [0.05, 0.1) is 9.55 Å². The summed E-state index contributed by atoms with van der Waals surface area (Å²) >= 11 is 13.3. The van der Waals surface area contributed by atoms with E-state index in [1.165, 1.54) is 28.0 Å². The van der Waals surface area contributed by atoms with Gasteiger partial charge in [0.1, 0.15) is 5.82 Å². The van der Waals surface area contributed by atoms with E-state index in [0.29, 0.717) is 30.9 Å². The largest absolute Gasteiger partial charge is 0.291 e. The third kappa shape index (κ3) is 3.04. The van der Waals surface area contributed by atoms with E-state index in [-0.39, 0.29) is 11.4 Å². The van der Waals surface area contributed by atoms with E-state index in [2.05, 4.69) is 10.1 Å². The third-order valence-corrected chi connectivity index (χ3v) is 5.03. The van der Waals surface area contributed by atoms with Crippen molar-refractivity contribution in [1.82, 2.24) is 14.6 Å². The second-order valence-corrected chi connectivity index (χ2v) is 7.07. The summed E-state index contributed by atoms with van der Waals surface area (Å²) in [5.41, 5.74) is 1.04. The van der Waals surface area contributed by atoms with Crippen molar-refractivity contribution >= 4 is 45.6 Å². The van der Waals surface area contributed by atoms with Gasteiger partial charge in [-0.2, -0.15) is 9.50 Å². The Bertz CT molecular complexity index is 1200. The number of fused-ring (bicyclic) bond motifs is 1. The van der Waals surface area contributed by atoms with Crippen LogP contribution >= 0.6 is 34.5 Å². The fourth-order valence-electron chi connectivity index (χ4n) is 2.33. The first-order valence-electron chi connectivity index (χ1n) is 7.13. The number of nitrogens with zero attached hydrogens (tertiary/aromatic N) is 3. The van der Waals surface area contributed by atoms with Gasteiger partial charge in [0, 0.05) is 10.6 Å². The Hall–Kier alpha value is -2.28. The van der Waals surface area contributed by atoms with E-state index in [4.69, 9.17) is 23.2 Å². The maximum Gasteiger partial charge on any atom is 0.291 e. The predicted octanol–water partition coefficient (Wildman–Crippen LogP) is 3.81. The number of rotatable bonds is 2. The number of hydrogen-bond acceptors (Lipinski definition) is 4. The molecule has 0 atom stereocenters. The molecule has 0 N–H and O–H groups in total. The molecule has 0 radical (unpaired) electrons. The lowest BCUT2D eigenvalue weighted by molar-refractivity contribution is 0.628. The molecule has 0 aliphatic heterocycles. The van der Waals surface area contributed by atoms with Crippen molar-refractivity contribution in [1.29, 1.82) is 0 Å². The van der Waals surface area contributed by atoms with E-state index in [1.54, 1.807) is 36.4 Å². The fraction of sp³-hybridized carbons (Fsp3) is 0. The average Bonchev–Trinajstić information content (AvgIpc) is 3.10. The highest BCUT2D eigenvalue weighted by Gasteiger charge is 2.14. The Morgan fingerprint density at radius 3 is 2.56 bits per heavy atom. The molecule has 8 heteroatoms. The summed E-state index contributed by atoms with van der Waals surface area (Å²) in [6.07, 6.45) is 1.68. The Labute approximate surface area is 154 Å². The van der Waals surface area contributed by atoms with Gasteiger partial charge in [0.15, 0.2) is 5.82 Å². The van der Waals surface area contributed by atoms with Crippen LogP contribution in [0.15, 0.2) is 47.3 Å². The maximum atomic E-state index is 13.0. The zero-order valence-electron chi connectivity index (χ0n) is 12.4. The zero-order chi connectivity index (χ0) is 17.6. The van der Waals surface area contributed by atoms with E-state index in [9.17, 15) is 9.18 Å². The molecule has 2 aromatic heterocycles. The fourth-order valence-corrected chi connectivity index (χ4v) is 3.73. The Kier molecular flexibility index (Phi) is 4.03. The molecule has 0 spiro atoms. The van der Waals surface area contributed by atoms with Crippen LogP contribution in [0.3, 0.4) is 0 Å². The molecular weight excluding hydrogens is 384 g/mol. The van der Waals surface area contributed by atoms with Crippen LogP contribution in [0.1, 0.15) is 5.56 Å². The normalized spacial score (nSPS) is 12.2. The number of halogens is 3. The summed E-state index contributed by atoms with van der Waals surface area (Å²) in [7, 11) is 0. The van der Waals surface area contributed by atoms with E-state index in [0.717, 1.165) is 5.56 Å². The van der Waals surface area contributed by atoms with Crippen LogP contribution in [0.2, 0.25) is 10.0 Å². The van der Waals surface area contributed by atoms with Gasteiger partial charge in [-0.15, -0.1) is 5.10 Å². The summed E-state index contributed by atoms with van der Waals surface area (Å²) < 4.78 is 14.7. The van der Waals surface area contributed by atoms with E-state index < -0.39 is 0 Å². The second-order valence-electron chi connectivity index (χ2n) is 5.22. The van der Waals surface area contributed by atoms with Crippen molar-refractivity contribution < 1.29 is 4.39 Å². The van der Waals surface area contributed by atoms with Crippen LogP contribution in [0.25, 0.3) is 22.4 Å². The number of benzene rings is 2. The zero-order valence-corrected chi connectivity index (χ0v) is 14.7. The van der Waals surface area contributed by atoms with Gasteiger partial charge in [0.25, 0.3) is 5.56 Å². The smallest absolute Gasteiger partial charge is 0.266 e. The van der Waals surface area contributed by atoms with Crippen molar-refractivity contribution in [2.75, 3.05) is 0 Å². The number of hydrogen-bond donors (Lipinski definition) is 0. The summed E-state index contributed by atoms with van der Waals surface area (Å²) in [4.78, 5) is 17.3. The van der Waals surface area contributed by atoms with Gasteiger partial charge in [-0.1, -0.05) is 46.7 Å². The molecule has 0 saturated heterocycles. The summed E-state index contributed by atoms with van der Waals surface area (Å²) in [6.45, 7) is 0. The summed E-state index contributed by atoms with van der Waals surface area (Å²) in [6, 6.07) is 10.9. The van der Waals surface area contributed by atoms with Crippen LogP contribution < -0.4 is 10.1 Å². The molecule has 0 aliphatic carbocycles. The minimum absolute atomic E-state index is 0.284. The number of aromatic nitrogens is 3. The standard InChI is InChI=1S/C17H8Cl2FN3OS/c18-10-3-6-12(13(19)8-10)15-21-17-23(22-15)16(24)14(25-17)7-9-1-4-11(20)5-2-9/h1-8H. The first-order valence-corrected chi connectivity index (χ1v) is 8.71. The van der Waals surface area contributed by atoms with Crippen molar-refractivity contribution in [3.05, 3.63) is 78.8 Å². The highest BCUT2D eigenvalue weighted by atomic mass is 35.5. The minimum Gasteiger partial charge on any atom is -0.266 e. The molecule has 0 bridgehead atoms. The molecule has 0 amide bonds. The average molecular weight is 392 g/mol. The summed E-state index contributed by atoms with van der Waals surface area (Å²) in [5, 5.41) is 5.17. The van der Waals surface area contributed by atoms with Gasteiger partial charge in [-0.3, -0.25) is 4.79 Å². The second kappa shape index (κ2) is 6.22. The molecule has 4 nitrogen and oxygen atoms in total. The Morgan fingerprint density at radius 2 is 1.88 bits per heavy atom. The van der Waals surface area contributed by atoms with E-state index >= 15 is 0 Å². The van der Waals surface area contributed by atoms with Gasteiger partial charge in [0.2, 0.25) is 4.96 Å². The van der Waals surface area contributed by atoms with Gasteiger partial charge < -0.3 is 0 Å². The molecule has 4 rings (SSSR count). The lowest BCUT2D eigenvalue weighted by Crippen LogP contribution is -2.23. The van der Waals surface area contributed by atoms with E-state index in [1.807, 2.05) is 0 Å². The topological polar surface area (TPSA) is 47.3 Å². The van der Waals surface area contributed by atoms with Crippen LogP contribution in [-0.2, 0) is 0 Å². The molecular formula is C17H8Cl2FN3OS. The van der Waals surface area contributed by atoms with Gasteiger partial charge in [-0.05, 0) is 42.0 Å². The lowest BCUT2D eigenvalue weighted by atomic mass is 10.2. The molecule has 2 heterocycles. The van der Waals surface area contributed by atoms with Crippen molar-refractivity contribution in [2.45, 2.75) is 0 Å². The van der Waals surface area contributed by atoms with Gasteiger partial charge >= 0.3 is 0 Å². The number of thiazole rings is 1. The van der Waals surface area contributed by atoms with Crippen LogP contribution in [0, 0.1) is 5.82 Å². The highest BCUT2D eigenvalue weighted by molar-refractivity contribution is 7.15. The van der Waals surface area contributed by atoms with Crippen LogP contribution in [0.4, 0.5) is 4.39 Å². The summed E-state index contributed by atoms with van der Waals surface area (Å²) in [5.74, 6) is 0.0324. The van der Waals surface area contributed by atoms with Crippen LogP contribution in [-0.4, -0.2) is 14.6 Å². The first kappa shape index (κ1) is 16.2. The first-order chi connectivity index (χ1) is 12.0. The lowest BCUT2D eigenvalue weighted by Gasteiger charge is -1.98. The third-order valence-electron chi connectivity index (χ3n) is 3.52. The Morgan fingerprint density at radius 1 is 1.12 bits per heavy atom. The highest BCUT2D eigenvalue weighted by Crippen LogP contribution is 2.28. The quantitative estimate of drug-likeness (QED) is 0.521. The SMILES string of the molecule is O=c1c(=Cc2ccc(F)cc2)sc2nc(-c3ccc(Cl)cc3Cl)nn12. The van der Waals surface area contributed by atoms with Crippen molar-refractivity contribution in [3.8, 4) is 11.4 Å². The van der Waals surface area contributed by atoms with Crippen molar-refractivity contribution in [2.24, 2.45) is 0 Å². The Balaban J connectivity index is 1.82. The minimum atomic E-state index is -0.327. The van der Waals surface area contributed by atoms with Crippen LogP contribution in [0.5, 0.6) is 0 Å². The molecule has 2 aromatic carbocycles. The molecule has 0 aliphatic rings. The molecule has 0 saturated carbocycles. The van der Waals surface area contributed by atoms with Crippen molar-refractivity contribution in [3.63, 3.8) is 0 Å². The maximum absolute atomic E-state index is 13.0.